The number of nitrogens with zero attached hydrogens (tertiary/aromatic N) is 1. The molecule has 2 rings (SSSR count). The maximum absolute atomic E-state index is 5.86. The highest BCUT2D eigenvalue weighted by Gasteiger charge is 2.10. The van der Waals surface area contributed by atoms with Gasteiger partial charge in [-0.3, -0.25) is 0 Å². The van der Waals surface area contributed by atoms with Gasteiger partial charge in [-0.05, 0) is 36.8 Å². The fourth-order valence-electron chi connectivity index (χ4n) is 1.94. The molecular formula is C15H16BrClN2O2. The predicted octanol–water partition coefficient (Wildman–Crippen LogP) is 4.44. The van der Waals surface area contributed by atoms with E-state index in [2.05, 4.69) is 26.2 Å². The minimum atomic E-state index is 0.491. The number of halogens is 2. The lowest BCUT2D eigenvalue weighted by Crippen LogP contribution is -2.04. The Bertz CT molecular complexity index is 650. The highest BCUT2D eigenvalue weighted by Crippen LogP contribution is 2.33. The van der Waals surface area contributed by atoms with Gasteiger partial charge in [0.2, 0.25) is 0 Å². The van der Waals surface area contributed by atoms with E-state index >= 15 is 0 Å². The summed E-state index contributed by atoms with van der Waals surface area (Å²) in [6.07, 6.45) is 0. The second-order valence-corrected chi connectivity index (χ2v) is 5.66. The minimum Gasteiger partial charge on any atom is -0.493 e. The van der Waals surface area contributed by atoms with Gasteiger partial charge in [-0.2, -0.15) is 0 Å². The summed E-state index contributed by atoms with van der Waals surface area (Å²) < 4.78 is 11.5. The van der Waals surface area contributed by atoms with Crippen LogP contribution in [0.2, 0.25) is 5.15 Å². The molecular weight excluding hydrogens is 356 g/mol. The van der Waals surface area contributed by atoms with Crippen LogP contribution in [0.4, 0.5) is 5.69 Å². The number of aromatic nitrogens is 1. The summed E-state index contributed by atoms with van der Waals surface area (Å²) in [5.74, 6) is 1.39. The van der Waals surface area contributed by atoms with Crippen molar-refractivity contribution in [2.45, 2.75) is 13.5 Å². The maximum atomic E-state index is 5.86. The number of anilines is 1. The van der Waals surface area contributed by atoms with Crippen LogP contribution in [0.25, 0.3) is 0 Å². The zero-order chi connectivity index (χ0) is 15.4. The van der Waals surface area contributed by atoms with Gasteiger partial charge in [0, 0.05) is 11.0 Å². The van der Waals surface area contributed by atoms with E-state index in [1.165, 1.54) is 0 Å². The van der Waals surface area contributed by atoms with Gasteiger partial charge in [0.05, 0.1) is 25.6 Å². The number of benzene rings is 1. The zero-order valence-corrected chi connectivity index (χ0v) is 14.4. The van der Waals surface area contributed by atoms with Gasteiger partial charge in [-0.25, -0.2) is 4.98 Å². The molecule has 0 bridgehead atoms. The van der Waals surface area contributed by atoms with Crippen LogP contribution in [0.5, 0.6) is 11.5 Å². The molecule has 0 unspecified atom stereocenters. The van der Waals surface area contributed by atoms with E-state index < -0.39 is 0 Å². The number of methoxy groups -OCH3 is 2. The number of hydrogen-bond acceptors (Lipinski definition) is 4. The molecule has 0 aliphatic heterocycles. The van der Waals surface area contributed by atoms with Crippen molar-refractivity contribution in [3.8, 4) is 11.5 Å². The number of nitrogens with one attached hydrogen (secondary N) is 1. The number of ether oxygens (including phenoxy) is 2. The van der Waals surface area contributed by atoms with Crippen molar-refractivity contribution in [1.82, 2.24) is 4.98 Å². The molecule has 1 aromatic carbocycles. The normalized spacial score (nSPS) is 10.3. The molecule has 0 spiro atoms. The molecule has 0 fully saturated rings. The van der Waals surface area contributed by atoms with Crippen LogP contribution in [0.1, 0.15) is 11.3 Å². The highest BCUT2D eigenvalue weighted by atomic mass is 79.9. The first-order valence-electron chi connectivity index (χ1n) is 6.32. The van der Waals surface area contributed by atoms with Crippen molar-refractivity contribution in [3.05, 3.63) is 45.1 Å². The first-order valence-corrected chi connectivity index (χ1v) is 7.49. The number of rotatable bonds is 5. The van der Waals surface area contributed by atoms with E-state index in [-0.39, 0.29) is 0 Å². The number of hydrogen-bond donors (Lipinski definition) is 1. The number of pyridine rings is 1. The Morgan fingerprint density at radius 2 is 1.86 bits per heavy atom. The molecule has 4 nitrogen and oxygen atoms in total. The first-order chi connectivity index (χ1) is 10.0. The predicted molar refractivity (Wildman–Crippen MR) is 88.6 cm³/mol. The third-order valence-electron chi connectivity index (χ3n) is 3.07. The Balaban J connectivity index is 2.19. The summed E-state index contributed by atoms with van der Waals surface area (Å²) in [7, 11) is 3.24. The van der Waals surface area contributed by atoms with Crippen molar-refractivity contribution < 1.29 is 9.47 Å². The lowest BCUT2D eigenvalue weighted by molar-refractivity contribution is 0.354. The maximum Gasteiger partial charge on any atom is 0.161 e. The van der Waals surface area contributed by atoms with Crippen molar-refractivity contribution in [2.24, 2.45) is 0 Å². The van der Waals surface area contributed by atoms with Gasteiger partial charge in [-0.1, -0.05) is 27.5 Å². The quantitative estimate of drug-likeness (QED) is 0.789. The van der Waals surface area contributed by atoms with E-state index in [1.807, 2.05) is 25.1 Å². The number of aryl methyl sites for hydroxylation is 1. The van der Waals surface area contributed by atoms with Crippen LogP contribution in [0, 0.1) is 6.92 Å². The molecule has 0 aliphatic carbocycles. The van der Waals surface area contributed by atoms with Gasteiger partial charge in [0.1, 0.15) is 5.15 Å². The Morgan fingerprint density at radius 1 is 1.19 bits per heavy atom. The van der Waals surface area contributed by atoms with E-state index in [0.29, 0.717) is 23.2 Å². The topological polar surface area (TPSA) is 43.4 Å². The molecule has 2 aromatic rings. The Hall–Kier alpha value is -1.46. The van der Waals surface area contributed by atoms with Gasteiger partial charge < -0.3 is 14.8 Å². The molecule has 0 amide bonds. The summed E-state index contributed by atoms with van der Waals surface area (Å²) in [4.78, 5) is 4.22. The van der Waals surface area contributed by atoms with Crippen LogP contribution in [-0.4, -0.2) is 19.2 Å². The smallest absolute Gasteiger partial charge is 0.161 e. The molecule has 1 N–H and O–H groups in total. The summed E-state index contributed by atoms with van der Waals surface area (Å²) in [6.45, 7) is 2.54. The van der Waals surface area contributed by atoms with Gasteiger partial charge >= 0.3 is 0 Å². The monoisotopic (exact) mass is 370 g/mol. The molecule has 0 saturated carbocycles. The van der Waals surface area contributed by atoms with Crippen molar-refractivity contribution >= 4 is 33.2 Å². The summed E-state index contributed by atoms with van der Waals surface area (Å²) in [5.41, 5.74) is 2.86. The highest BCUT2D eigenvalue weighted by molar-refractivity contribution is 9.10. The summed E-state index contributed by atoms with van der Waals surface area (Å²) in [5, 5.41) is 3.83. The fourth-order valence-corrected chi connectivity index (χ4v) is 2.59. The first kappa shape index (κ1) is 15.9. The van der Waals surface area contributed by atoms with Crippen molar-refractivity contribution in [1.29, 1.82) is 0 Å². The molecule has 21 heavy (non-hydrogen) atoms. The average Bonchev–Trinajstić information content (AvgIpc) is 2.47. The second kappa shape index (κ2) is 7.00. The lowest BCUT2D eigenvalue weighted by atomic mass is 10.2. The molecule has 0 radical (unpaired) electrons. The minimum absolute atomic E-state index is 0.491. The lowest BCUT2D eigenvalue weighted by Gasteiger charge is -2.14. The van der Waals surface area contributed by atoms with Gasteiger partial charge in [0.15, 0.2) is 11.5 Å². The van der Waals surface area contributed by atoms with Crippen LogP contribution in [0.15, 0.2) is 28.7 Å². The third kappa shape index (κ3) is 3.80. The Labute approximate surface area is 137 Å². The summed E-state index contributed by atoms with van der Waals surface area (Å²) in [6, 6.07) is 7.51. The largest absolute Gasteiger partial charge is 0.493 e. The van der Waals surface area contributed by atoms with Gasteiger partial charge in [-0.15, -0.1) is 0 Å². The molecule has 0 atom stereocenters. The van der Waals surface area contributed by atoms with E-state index in [1.54, 1.807) is 20.3 Å². The van der Waals surface area contributed by atoms with Crippen molar-refractivity contribution in [3.63, 3.8) is 0 Å². The molecule has 112 valence electrons. The standard InChI is InChI=1S/C15H16BrClN2O2/c1-9-12(4-5-15(17)19-9)18-8-10-6-13(20-2)14(21-3)7-11(10)16/h4-7,18H,8H2,1-3H3. The average molecular weight is 372 g/mol. The van der Waals surface area contributed by atoms with Crippen molar-refractivity contribution in [2.75, 3.05) is 19.5 Å². The second-order valence-electron chi connectivity index (χ2n) is 4.42. The van der Waals surface area contributed by atoms with E-state index in [0.717, 1.165) is 21.4 Å². The molecule has 1 heterocycles. The van der Waals surface area contributed by atoms with Crippen LogP contribution >= 0.6 is 27.5 Å². The molecule has 6 heteroatoms. The van der Waals surface area contributed by atoms with Crippen LogP contribution < -0.4 is 14.8 Å². The Kier molecular flexibility index (Phi) is 5.31. The summed E-state index contributed by atoms with van der Waals surface area (Å²) >= 11 is 9.40. The Morgan fingerprint density at radius 3 is 2.48 bits per heavy atom. The fraction of sp³-hybridized carbons (Fsp3) is 0.267. The zero-order valence-electron chi connectivity index (χ0n) is 12.0. The molecule has 0 saturated heterocycles. The molecule has 0 aliphatic rings. The van der Waals surface area contributed by atoms with E-state index in [9.17, 15) is 0 Å². The van der Waals surface area contributed by atoms with Crippen LogP contribution in [0.3, 0.4) is 0 Å². The SMILES string of the molecule is COc1cc(Br)c(CNc2ccc(Cl)nc2C)cc1OC. The van der Waals surface area contributed by atoms with Gasteiger partial charge in [0.25, 0.3) is 0 Å². The molecule has 1 aromatic heterocycles. The van der Waals surface area contributed by atoms with E-state index in [4.69, 9.17) is 21.1 Å². The van der Waals surface area contributed by atoms with Crippen LogP contribution in [-0.2, 0) is 6.54 Å². The third-order valence-corrected chi connectivity index (χ3v) is 4.02.